The lowest BCUT2D eigenvalue weighted by Crippen LogP contribution is -2.40. The van der Waals surface area contributed by atoms with Crippen molar-refractivity contribution in [2.45, 2.75) is 19.4 Å². The highest BCUT2D eigenvalue weighted by Crippen LogP contribution is 2.27. The molecule has 10 heteroatoms. The Morgan fingerprint density at radius 2 is 1.97 bits per heavy atom. The molecule has 3 aromatic rings. The minimum Gasteiger partial charge on any atom is -0.313 e. The summed E-state index contributed by atoms with van der Waals surface area (Å²) >= 11 is 4.72. The molecule has 0 aliphatic carbocycles. The van der Waals surface area contributed by atoms with Gasteiger partial charge in [-0.15, -0.1) is 6.58 Å². The molecule has 1 aliphatic heterocycles. The first kappa shape index (κ1) is 23.6. The minimum atomic E-state index is -3.98. The molecule has 0 atom stereocenters. The number of thiazole rings is 1. The Kier molecular flexibility index (Phi) is 6.96. The van der Waals surface area contributed by atoms with E-state index in [4.69, 9.17) is 0 Å². The number of halogens is 1. The Bertz CT molecular complexity index is 1420. The van der Waals surface area contributed by atoms with E-state index >= 15 is 0 Å². The molecule has 2 amide bonds. The highest BCUT2D eigenvalue weighted by Gasteiger charge is 2.28. The van der Waals surface area contributed by atoms with Crippen LogP contribution in [0.3, 0.4) is 0 Å². The summed E-state index contributed by atoms with van der Waals surface area (Å²) in [5.41, 5.74) is 2.63. The number of carbonyl (C=O) groups is 2. The van der Waals surface area contributed by atoms with Crippen LogP contribution >= 0.6 is 27.3 Å². The molecule has 0 bridgehead atoms. The average Bonchev–Trinajstić information content (AvgIpc) is 3.08. The molecule has 7 nitrogen and oxygen atoms in total. The summed E-state index contributed by atoms with van der Waals surface area (Å²) in [6.45, 7) is 4.63. The zero-order valence-corrected chi connectivity index (χ0v) is 21.0. The van der Waals surface area contributed by atoms with Crippen LogP contribution in [-0.2, 0) is 32.4 Å². The molecule has 33 heavy (non-hydrogen) atoms. The number of aryl methyl sites for hydroxylation is 1. The lowest BCUT2D eigenvalue weighted by Gasteiger charge is -2.29. The van der Waals surface area contributed by atoms with Gasteiger partial charge in [-0.25, -0.2) is 8.42 Å². The average molecular weight is 548 g/mol. The van der Waals surface area contributed by atoms with E-state index in [0.29, 0.717) is 17.9 Å². The van der Waals surface area contributed by atoms with Gasteiger partial charge >= 0.3 is 0 Å². The van der Waals surface area contributed by atoms with Crippen molar-refractivity contribution in [3.05, 3.63) is 70.0 Å². The van der Waals surface area contributed by atoms with Gasteiger partial charge in [0.25, 0.3) is 5.91 Å². The van der Waals surface area contributed by atoms with E-state index in [-0.39, 0.29) is 0 Å². The smallest absolute Gasteiger partial charge is 0.263 e. The number of nitrogens with zero attached hydrogens (tertiary/aromatic N) is 3. The molecule has 1 aromatic heterocycles. The van der Waals surface area contributed by atoms with Crippen molar-refractivity contribution >= 4 is 64.8 Å². The van der Waals surface area contributed by atoms with Crippen LogP contribution in [0.2, 0.25) is 0 Å². The zero-order chi connectivity index (χ0) is 23.6. The number of hydrogen-bond acceptors (Lipinski definition) is 5. The number of hydrogen-bond donors (Lipinski definition) is 0. The molecule has 0 N–H and O–H groups in total. The Hall–Kier alpha value is -2.56. The van der Waals surface area contributed by atoms with Gasteiger partial charge in [0.15, 0.2) is 14.6 Å². The topological polar surface area (TPSA) is 88.8 Å². The summed E-state index contributed by atoms with van der Waals surface area (Å²) in [5, 5.41) is 0. The third kappa shape index (κ3) is 5.34. The van der Waals surface area contributed by atoms with Crippen LogP contribution in [0, 0.1) is 0 Å². The molecule has 1 aliphatic rings. The molecule has 0 saturated carbocycles. The molecule has 0 saturated heterocycles. The summed E-state index contributed by atoms with van der Waals surface area (Å²) in [5.74, 6) is -2.87. The van der Waals surface area contributed by atoms with Gasteiger partial charge in [0.2, 0.25) is 5.91 Å². The zero-order valence-electron chi connectivity index (χ0n) is 17.7. The molecular formula is C23H22BrN3O4S2. The molecule has 0 radical (unpaired) electrons. The van der Waals surface area contributed by atoms with Crippen LogP contribution in [0.1, 0.15) is 12.0 Å². The maximum atomic E-state index is 12.8. The monoisotopic (exact) mass is 547 g/mol. The first-order chi connectivity index (χ1) is 15.8. The van der Waals surface area contributed by atoms with Crippen LogP contribution in [0.25, 0.3) is 10.2 Å². The quantitative estimate of drug-likeness (QED) is 0.442. The highest BCUT2D eigenvalue weighted by atomic mass is 79.9. The molecule has 172 valence electrons. The largest absolute Gasteiger partial charge is 0.313 e. The van der Waals surface area contributed by atoms with Crippen molar-refractivity contribution in [2.24, 2.45) is 4.99 Å². The van der Waals surface area contributed by atoms with Gasteiger partial charge in [-0.2, -0.15) is 4.99 Å². The van der Waals surface area contributed by atoms with E-state index in [9.17, 15) is 18.0 Å². The number of carbonyl (C=O) groups excluding carboxylic acids is 2. The fourth-order valence-corrected chi connectivity index (χ4v) is 6.56. The van der Waals surface area contributed by atoms with Gasteiger partial charge in [-0.05, 0) is 42.7 Å². The van der Waals surface area contributed by atoms with E-state index in [1.807, 2.05) is 42.5 Å². The second-order valence-electron chi connectivity index (χ2n) is 7.71. The van der Waals surface area contributed by atoms with Crippen molar-refractivity contribution in [3.63, 3.8) is 0 Å². The highest BCUT2D eigenvalue weighted by molar-refractivity contribution is 9.10. The maximum Gasteiger partial charge on any atom is 0.263 e. The Morgan fingerprint density at radius 3 is 2.76 bits per heavy atom. The summed E-state index contributed by atoms with van der Waals surface area (Å²) in [6.07, 6.45) is 3.30. The standard InChI is InChI=1S/C23H22BrN3O4S2/c1-2-11-27-19-10-9-17(24)13-20(19)32-23(27)25-21(28)14-33(30,31)15-22(29)26-12-5-7-16-6-3-4-8-18(16)26/h2-4,6,8-10,13H,1,5,7,11-12,14-15H2. The fourth-order valence-electron chi connectivity index (χ4n) is 3.87. The van der Waals surface area contributed by atoms with Crippen LogP contribution in [0.15, 0.2) is 64.6 Å². The first-order valence-electron chi connectivity index (χ1n) is 10.3. The van der Waals surface area contributed by atoms with Gasteiger partial charge < -0.3 is 9.47 Å². The molecule has 0 fully saturated rings. The molecule has 0 unspecified atom stereocenters. The molecular weight excluding hydrogens is 526 g/mol. The summed E-state index contributed by atoms with van der Waals surface area (Å²) in [6, 6.07) is 13.2. The van der Waals surface area contributed by atoms with E-state index < -0.39 is 33.2 Å². The maximum absolute atomic E-state index is 12.8. The Balaban J connectivity index is 1.54. The van der Waals surface area contributed by atoms with Crippen LogP contribution in [0.5, 0.6) is 0 Å². The number of fused-ring (bicyclic) bond motifs is 2. The predicted octanol–water partition coefficient (Wildman–Crippen LogP) is 3.47. The van der Waals surface area contributed by atoms with Crippen molar-refractivity contribution in [3.8, 4) is 0 Å². The SMILES string of the molecule is C=CCn1c(=NC(=O)CS(=O)(=O)CC(=O)N2CCCc3ccccc32)sc2cc(Br)ccc21. The number of benzene rings is 2. The van der Waals surface area contributed by atoms with Gasteiger partial charge in [0.05, 0.1) is 10.2 Å². The first-order valence-corrected chi connectivity index (χ1v) is 13.8. The fraction of sp³-hybridized carbons (Fsp3) is 0.261. The van der Waals surface area contributed by atoms with Crippen LogP contribution < -0.4 is 9.70 Å². The predicted molar refractivity (Wildman–Crippen MR) is 134 cm³/mol. The van der Waals surface area contributed by atoms with Gasteiger partial charge in [-0.3, -0.25) is 9.59 Å². The Labute approximate surface area is 204 Å². The Morgan fingerprint density at radius 1 is 1.18 bits per heavy atom. The van der Waals surface area contributed by atoms with Gasteiger partial charge in [0, 0.05) is 23.2 Å². The molecule has 0 spiro atoms. The number of aromatic nitrogens is 1. The second-order valence-corrected chi connectivity index (χ2v) is 11.7. The van der Waals surface area contributed by atoms with Gasteiger partial charge in [-0.1, -0.05) is 51.5 Å². The minimum absolute atomic E-state index is 0.388. The molecule has 4 rings (SSSR count). The van der Waals surface area contributed by atoms with Crippen LogP contribution in [0.4, 0.5) is 5.69 Å². The molecule has 2 heterocycles. The van der Waals surface area contributed by atoms with Gasteiger partial charge in [0.1, 0.15) is 11.5 Å². The number of rotatable bonds is 6. The summed E-state index contributed by atoms with van der Waals surface area (Å²) < 4.78 is 28.9. The number of allylic oxidation sites excluding steroid dienone is 1. The number of amides is 2. The third-order valence-electron chi connectivity index (χ3n) is 5.27. The van der Waals surface area contributed by atoms with E-state index in [0.717, 1.165) is 38.8 Å². The number of anilines is 1. The van der Waals surface area contributed by atoms with Crippen LogP contribution in [-0.4, -0.2) is 42.8 Å². The van der Waals surface area contributed by atoms with E-state index in [1.165, 1.54) is 16.2 Å². The summed E-state index contributed by atoms with van der Waals surface area (Å²) in [4.78, 5) is 31.3. The summed E-state index contributed by atoms with van der Waals surface area (Å²) in [7, 11) is -3.98. The van der Waals surface area contributed by atoms with Crippen molar-refractivity contribution in [2.75, 3.05) is 23.0 Å². The lowest BCUT2D eigenvalue weighted by molar-refractivity contribution is -0.116. The van der Waals surface area contributed by atoms with Crippen molar-refractivity contribution < 1.29 is 18.0 Å². The lowest BCUT2D eigenvalue weighted by atomic mass is 10.0. The molecule has 2 aromatic carbocycles. The van der Waals surface area contributed by atoms with Crippen molar-refractivity contribution in [1.29, 1.82) is 0 Å². The third-order valence-corrected chi connectivity index (χ3v) is 8.18. The van der Waals surface area contributed by atoms with E-state index in [2.05, 4.69) is 27.5 Å². The van der Waals surface area contributed by atoms with E-state index in [1.54, 1.807) is 10.6 Å². The number of sulfone groups is 1. The number of para-hydroxylation sites is 1. The normalized spacial score (nSPS) is 14.3. The second kappa shape index (κ2) is 9.74. The van der Waals surface area contributed by atoms with Crippen molar-refractivity contribution in [1.82, 2.24) is 4.57 Å².